The molecule has 2 unspecified atom stereocenters. The van der Waals surface area contributed by atoms with Gasteiger partial charge in [-0.15, -0.1) is 0 Å². The summed E-state index contributed by atoms with van der Waals surface area (Å²) in [5.41, 5.74) is 6.87. The standard InChI is InChI=1S/C13H19N3O2S/c1-8-9(2)19-7-6-16(8)12-11(14)10(4-5-15-12)13(17)18-3/h4-5,8-9H,6-7,14H2,1-3H3. The number of pyridine rings is 1. The molecule has 2 N–H and O–H groups in total. The Morgan fingerprint density at radius 3 is 3.00 bits per heavy atom. The van der Waals surface area contributed by atoms with Gasteiger partial charge in [-0.3, -0.25) is 0 Å². The lowest BCUT2D eigenvalue weighted by atomic mass is 10.1. The van der Waals surface area contributed by atoms with Crippen LogP contribution < -0.4 is 10.6 Å². The topological polar surface area (TPSA) is 68.5 Å². The van der Waals surface area contributed by atoms with Crippen LogP contribution in [0.4, 0.5) is 11.5 Å². The number of nitrogens with two attached hydrogens (primary N) is 1. The summed E-state index contributed by atoms with van der Waals surface area (Å²) in [6.07, 6.45) is 1.61. The van der Waals surface area contributed by atoms with Gasteiger partial charge in [-0.2, -0.15) is 11.8 Å². The summed E-state index contributed by atoms with van der Waals surface area (Å²) in [5.74, 6) is 1.30. The number of thioether (sulfide) groups is 1. The fourth-order valence-corrected chi connectivity index (χ4v) is 3.31. The maximum atomic E-state index is 11.7. The summed E-state index contributed by atoms with van der Waals surface area (Å²) in [4.78, 5) is 18.2. The van der Waals surface area contributed by atoms with Crippen LogP contribution in [0.3, 0.4) is 0 Å². The van der Waals surface area contributed by atoms with Crippen LogP contribution in [0.1, 0.15) is 24.2 Å². The first-order valence-corrected chi connectivity index (χ1v) is 7.32. The summed E-state index contributed by atoms with van der Waals surface area (Å²) in [7, 11) is 1.35. The van der Waals surface area contributed by atoms with E-state index in [1.165, 1.54) is 7.11 Å². The van der Waals surface area contributed by atoms with Crippen LogP contribution in [0.25, 0.3) is 0 Å². The molecule has 0 amide bonds. The van der Waals surface area contributed by atoms with E-state index in [0.29, 0.717) is 28.4 Å². The SMILES string of the molecule is COC(=O)c1ccnc(N2CCSC(C)C2C)c1N. The molecule has 19 heavy (non-hydrogen) atoms. The number of ether oxygens (including phenoxy) is 1. The molecule has 1 aromatic rings. The Bertz CT molecular complexity index is 481. The molecule has 1 fully saturated rings. The molecule has 5 nitrogen and oxygen atoms in total. The number of carbonyl (C=O) groups is 1. The number of nitrogen functional groups attached to an aromatic ring is 1. The zero-order valence-corrected chi connectivity index (χ0v) is 12.2. The van der Waals surface area contributed by atoms with Crippen LogP contribution in [0, 0.1) is 0 Å². The first kappa shape index (κ1) is 14.0. The van der Waals surface area contributed by atoms with Crippen molar-refractivity contribution in [3.05, 3.63) is 17.8 Å². The molecule has 2 atom stereocenters. The van der Waals surface area contributed by atoms with Crippen molar-refractivity contribution >= 4 is 29.2 Å². The van der Waals surface area contributed by atoms with Crippen LogP contribution in [0.5, 0.6) is 0 Å². The van der Waals surface area contributed by atoms with Gasteiger partial charge in [0.25, 0.3) is 0 Å². The zero-order valence-electron chi connectivity index (χ0n) is 11.4. The summed E-state index contributed by atoms with van der Waals surface area (Å²) in [5, 5.41) is 0.511. The second-order valence-corrected chi connectivity index (χ2v) is 6.08. The fraction of sp³-hybridized carbons (Fsp3) is 0.538. The quantitative estimate of drug-likeness (QED) is 0.833. The zero-order chi connectivity index (χ0) is 14.0. The molecule has 1 saturated heterocycles. The van der Waals surface area contributed by atoms with Crippen LogP contribution in [-0.2, 0) is 4.74 Å². The lowest BCUT2D eigenvalue weighted by molar-refractivity contribution is 0.0602. The van der Waals surface area contributed by atoms with Crippen molar-refractivity contribution in [1.82, 2.24) is 4.98 Å². The molecule has 6 heteroatoms. The highest BCUT2D eigenvalue weighted by Crippen LogP contribution is 2.32. The number of nitrogens with zero attached hydrogens (tertiary/aromatic N) is 2. The molecule has 2 heterocycles. The highest BCUT2D eigenvalue weighted by Gasteiger charge is 2.28. The van der Waals surface area contributed by atoms with Crippen molar-refractivity contribution in [3.8, 4) is 0 Å². The van der Waals surface area contributed by atoms with E-state index in [4.69, 9.17) is 10.5 Å². The summed E-state index contributed by atoms with van der Waals surface area (Å²) >= 11 is 1.94. The van der Waals surface area contributed by atoms with E-state index in [-0.39, 0.29) is 0 Å². The van der Waals surface area contributed by atoms with Crippen LogP contribution >= 0.6 is 11.8 Å². The Morgan fingerprint density at radius 2 is 2.32 bits per heavy atom. The molecule has 104 valence electrons. The number of hydrogen-bond donors (Lipinski definition) is 1. The predicted molar refractivity (Wildman–Crippen MR) is 78.7 cm³/mol. The third-order valence-electron chi connectivity index (χ3n) is 3.53. The van der Waals surface area contributed by atoms with Gasteiger partial charge in [0.1, 0.15) is 0 Å². The number of anilines is 2. The number of hydrogen-bond acceptors (Lipinski definition) is 6. The van der Waals surface area contributed by atoms with Gasteiger partial charge in [0.05, 0.1) is 18.4 Å². The van der Waals surface area contributed by atoms with E-state index < -0.39 is 5.97 Å². The molecule has 0 radical (unpaired) electrons. The molecule has 0 saturated carbocycles. The molecular formula is C13H19N3O2S. The molecule has 0 aromatic carbocycles. The first-order valence-electron chi connectivity index (χ1n) is 6.27. The van der Waals surface area contributed by atoms with E-state index in [0.717, 1.165) is 12.3 Å². The normalized spacial score (nSPS) is 23.2. The molecule has 1 aromatic heterocycles. The molecule has 2 rings (SSSR count). The van der Waals surface area contributed by atoms with Gasteiger partial charge in [-0.05, 0) is 13.0 Å². The molecule has 0 aliphatic carbocycles. The van der Waals surface area contributed by atoms with Crippen molar-refractivity contribution < 1.29 is 9.53 Å². The smallest absolute Gasteiger partial charge is 0.340 e. The number of carbonyl (C=O) groups excluding carboxylic acids is 1. The maximum absolute atomic E-state index is 11.7. The molecule has 1 aliphatic heterocycles. The van der Waals surface area contributed by atoms with Gasteiger partial charge in [0, 0.05) is 29.8 Å². The average molecular weight is 281 g/mol. The van der Waals surface area contributed by atoms with E-state index >= 15 is 0 Å². The van der Waals surface area contributed by atoms with Crippen LogP contribution in [0.15, 0.2) is 12.3 Å². The molecule has 0 spiro atoms. The maximum Gasteiger partial charge on any atom is 0.340 e. The van der Waals surface area contributed by atoms with Crippen molar-refractivity contribution in [2.24, 2.45) is 0 Å². The van der Waals surface area contributed by atoms with Crippen LogP contribution in [0.2, 0.25) is 0 Å². The van der Waals surface area contributed by atoms with Gasteiger partial charge in [0.15, 0.2) is 5.82 Å². The fourth-order valence-electron chi connectivity index (χ4n) is 2.21. The van der Waals surface area contributed by atoms with E-state index in [2.05, 4.69) is 23.7 Å². The van der Waals surface area contributed by atoms with Crippen LogP contribution in [-0.4, -0.2) is 41.7 Å². The minimum absolute atomic E-state index is 0.335. The minimum Gasteiger partial charge on any atom is -0.465 e. The Labute approximate surface area is 117 Å². The second-order valence-electron chi connectivity index (χ2n) is 4.60. The van der Waals surface area contributed by atoms with E-state index in [9.17, 15) is 4.79 Å². The van der Waals surface area contributed by atoms with Crippen molar-refractivity contribution in [2.75, 3.05) is 30.0 Å². The lowest BCUT2D eigenvalue weighted by Gasteiger charge is -2.38. The first-order chi connectivity index (χ1) is 9.06. The highest BCUT2D eigenvalue weighted by molar-refractivity contribution is 8.00. The third kappa shape index (κ3) is 2.63. The Morgan fingerprint density at radius 1 is 1.58 bits per heavy atom. The van der Waals surface area contributed by atoms with Crippen molar-refractivity contribution in [1.29, 1.82) is 0 Å². The van der Waals surface area contributed by atoms with E-state index in [1.807, 2.05) is 11.8 Å². The van der Waals surface area contributed by atoms with Gasteiger partial charge in [0.2, 0.25) is 0 Å². The molecule has 0 bridgehead atoms. The third-order valence-corrected chi connectivity index (χ3v) is 4.87. The Hall–Kier alpha value is -1.43. The summed E-state index contributed by atoms with van der Waals surface area (Å²) < 4.78 is 4.74. The number of rotatable bonds is 2. The Kier molecular flexibility index (Phi) is 4.19. The van der Waals surface area contributed by atoms with Gasteiger partial charge < -0.3 is 15.4 Å². The van der Waals surface area contributed by atoms with Crippen molar-refractivity contribution in [3.63, 3.8) is 0 Å². The molecule has 1 aliphatic rings. The van der Waals surface area contributed by atoms with Gasteiger partial charge in [-0.25, -0.2) is 9.78 Å². The number of aromatic nitrogens is 1. The lowest BCUT2D eigenvalue weighted by Crippen LogP contribution is -2.45. The highest BCUT2D eigenvalue weighted by atomic mass is 32.2. The molecular weight excluding hydrogens is 262 g/mol. The van der Waals surface area contributed by atoms with E-state index in [1.54, 1.807) is 12.3 Å². The second kappa shape index (κ2) is 5.69. The van der Waals surface area contributed by atoms with Crippen molar-refractivity contribution in [2.45, 2.75) is 25.1 Å². The number of methoxy groups -OCH3 is 1. The Balaban J connectivity index is 2.37. The number of esters is 1. The average Bonchev–Trinajstić information content (AvgIpc) is 2.42. The minimum atomic E-state index is -0.423. The largest absolute Gasteiger partial charge is 0.465 e. The monoisotopic (exact) mass is 281 g/mol. The summed E-state index contributed by atoms with van der Waals surface area (Å²) in [6, 6.07) is 1.93. The summed E-state index contributed by atoms with van der Waals surface area (Å²) in [6.45, 7) is 5.24. The van der Waals surface area contributed by atoms with Gasteiger partial charge >= 0.3 is 5.97 Å². The van der Waals surface area contributed by atoms with Gasteiger partial charge in [-0.1, -0.05) is 6.92 Å². The predicted octanol–water partition coefficient (Wildman–Crippen LogP) is 1.78.